The van der Waals surface area contributed by atoms with Gasteiger partial charge in [0.25, 0.3) is 0 Å². The number of urea groups is 1. The van der Waals surface area contributed by atoms with Crippen molar-refractivity contribution < 1.29 is 4.79 Å². The summed E-state index contributed by atoms with van der Waals surface area (Å²) < 4.78 is 1.71. The minimum absolute atomic E-state index is 0.149. The van der Waals surface area contributed by atoms with Gasteiger partial charge in [-0.3, -0.25) is 0 Å². The Kier molecular flexibility index (Phi) is 5.12. The smallest absolute Gasteiger partial charge is 0.322 e. The summed E-state index contributed by atoms with van der Waals surface area (Å²) in [6.07, 6.45) is 3.57. The molecule has 1 aliphatic heterocycles. The van der Waals surface area contributed by atoms with Crippen LogP contribution in [0.25, 0.3) is 5.82 Å². The van der Waals surface area contributed by atoms with Crippen molar-refractivity contribution >= 4 is 29.1 Å². The zero-order valence-corrected chi connectivity index (χ0v) is 16.2. The lowest BCUT2D eigenvalue weighted by Crippen LogP contribution is -2.50. The predicted octanol–water partition coefficient (Wildman–Crippen LogP) is 2.98. The second-order valence-corrected chi connectivity index (χ2v) is 6.87. The second kappa shape index (κ2) is 7.85. The molecule has 0 atom stereocenters. The van der Waals surface area contributed by atoms with Crippen molar-refractivity contribution in [3.05, 3.63) is 59.6 Å². The number of carbonyl (C=O) groups excluding carboxylic acids is 1. The van der Waals surface area contributed by atoms with Crippen molar-refractivity contribution in [1.29, 1.82) is 0 Å². The molecule has 0 saturated carbocycles. The molecular weight excluding hydrogens is 378 g/mol. The van der Waals surface area contributed by atoms with Gasteiger partial charge in [0, 0.05) is 44.6 Å². The topological polar surface area (TPSA) is 79.2 Å². The number of hydrogen-bond acceptors (Lipinski definition) is 5. The molecule has 1 saturated heterocycles. The number of para-hydroxylation sites is 1. The molecule has 0 unspecified atom stereocenters. The van der Waals surface area contributed by atoms with Gasteiger partial charge in [-0.25, -0.2) is 19.4 Å². The van der Waals surface area contributed by atoms with Crippen LogP contribution in [0.4, 0.5) is 16.3 Å². The third kappa shape index (κ3) is 3.91. The quantitative estimate of drug-likeness (QED) is 0.735. The summed E-state index contributed by atoms with van der Waals surface area (Å²) in [5.41, 5.74) is 0.617. The maximum Gasteiger partial charge on any atom is 0.322 e. The van der Waals surface area contributed by atoms with Crippen LogP contribution in [-0.4, -0.2) is 56.9 Å². The van der Waals surface area contributed by atoms with Crippen LogP contribution in [0.5, 0.6) is 0 Å². The SMILES string of the molecule is Cc1nc(N2CCN(C(=O)Nc3ccccc3Cl)CC2)cc(-n2cccn2)n1. The number of piperazine rings is 1. The van der Waals surface area contributed by atoms with Crippen molar-refractivity contribution in [1.82, 2.24) is 24.6 Å². The Morgan fingerprint density at radius 2 is 1.82 bits per heavy atom. The largest absolute Gasteiger partial charge is 0.353 e. The summed E-state index contributed by atoms with van der Waals surface area (Å²) in [7, 11) is 0. The minimum Gasteiger partial charge on any atom is -0.353 e. The maximum absolute atomic E-state index is 12.5. The third-order valence-electron chi connectivity index (χ3n) is 4.56. The first-order chi connectivity index (χ1) is 13.6. The van der Waals surface area contributed by atoms with E-state index in [4.69, 9.17) is 11.6 Å². The van der Waals surface area contributed by atoms with Gasteiger partial charge in [-0.1, -0.05) is 23.7 Å². The third-order valence-corrected chi connectivity index (χ3v) is 4.89. The highest BCUT2D eigenvalue weighted by Crippen LogP contribution is 2.22. The lowest BCUT2D eigenvalue weighted by molar-refractivity contribution is 0.208. The molecule has 0 bridgehead atoms. The molecule has 3 aromatic rings. The molecule has 1 fully saturated rings. The van der Waals surface area contributed by atoms with Gasteiger partial charge in [-0.15, -0.1) is 0 Å². The van der Waals surface area contributed by atoms with E-state index in [0.717, 1.165) is 11.6 Å². The first-order valence-electron chi connectivity index (χ1n) is 9.01. The second-order valence-electron chi connectivity index (χ2n) is 6.47. The summed E-state index contributed by atoms with van der Waals surface area (Å²) in [6.45, 7) is 4.42. The van der Waals surface area contributed by atoms with Gasteiger partial charge in [-0.05, 0) is 25.1 Å². The van der Waals surface area contributed by atoms with E-state index < -0.39 is 0 Å². The molecular formula is C19H20ClN7O. The average molecular weight is 398 g/mol. The summed E-state index contributed by atoms with van der Waals surface area (Å²) in [5.74, 6) is 2.25. The van der Waals surface area contributed by atoms with Gasteiger partial charge in [0.15, 0.2) is 5.82 Å². The molecule has 0 aliphatic carbocycles. The van der Waals surface area contributed by atoms with E-state index in [-0.39, 0.29) is 6.03 Å². The van der Waals surface area contributed by atoms with Gasteiger partial charge in [0.05, 0.1) is 10.7 Å². The van der Waals surface area contributed by atoms with Crippen LogP contribution in [0, 0.1) is 6.92 Å². The van der Waals surface area contributed by atoms with E-state index in [1.54, 1.807) is 27.9 Å². The number of hydrogen-bond donors (Lipinski definition) is 1. The molecule has 4 rings (SSSR count). The van der Waals surface area contributed by atoms with E-state index in [1.165, 1.54) is 0 Å². The number of nitrogens with one attached hydrogen (secondary N) is 1. The predicted molar refractivity (Wildman–Crippen MR) is 108 cm³/mol. The standard InChI is InChI=1S/C19H20ClN7O/c1-14-22-17(13-18(23-14)27-8-4-7-21-27)25-9-11-26(12-10-25)19(28)24-16-6-3-2-5-15(16)20/h2-8,13H,9-12H2,1H3,(H,24,28). The first kappa shape index (κ1) is 18.2. The van der Waals surface area contributed by atoms with Crippen LogP contribution in [0.2, 0.25) is 5.02 Å². The van der Waals surface area contributed by atoms with Crippen LogP contribution < -0.4 is 10.2 Å². The fourth-order valence-electron chi connectivity index (χ4n) is 3.12. The molecule has 9 heteroatoms. The minimum atomic E-state index is -0.149. The first-order valence-corrected chi connectivity index (χ1v) is 9.39. The number of rotatable bonds is 3. The average Bonchev–Trinajstić information content (AvgIpc) is 3.24. The summed E-state index contributed by atoms with van der Waals surface area (Å²) in [6, 6.07) is 10.8. The van der Waals surface area contributed by atoms with Crippen LogP contribution in [-0.2, 0) is 0 Å². The fourth-order valence-corrected chi connectivity index (χ4v) is 3.30. The van der Waals surface area contributed by atoms with Gasteiger partial charge in [0.1, 0.15) is 11.6 Å². The summed E-state index contributed by atoms with van der Waals surface area (Å²) in [5, 5.41) is 7.63. The molecule has 144 valence electrons. The van der Waals surface area contributed by atoms with Gasteiger partial charge >= 0.3 is 6.03 Å². The van der Waals surface area contributed by atoms with E-state index >= 15 is 0 Å². The molecule has 2 aromatic heterocycles. The Labute approximate surface area is 167 Å². The Morgan fingerprint density at radius 3 is 2.54 bits per heavy atom. The normalized spacial score (nSPS) is 14.2. The number of anilines is 2. The van der Waals surface area contributed by atoms with Crippen molar-refractivity contribution in [2.75, 3.05) is 36.4 Å². The number of halogens is 1. The molecule has 1 N–H and O–H groups in total. The summed E-state index contributed by atoms with van der Waals surface area (Å²) >= 11 is 6.12. The molecule has 8 nitrogen and oxygen atoms in total. The van der Waals surface area contributed by atoms with E-state index in [2.05, 4.69) is 25.3 Å². The number of carbonyl (C=O) groups is 1. The van der Waals surface area contributed by atoms with E-state index in [0.29, 0.717) is 42.7 Å². The highest BCUT2D eigenvalue weighted by Gasteiger charge is 2.23. The number of aromatic nitrogens is 4. The number of amides is 2. The number of aryl methyl sites for hydroxylation is 1. The molecule has 3 heterocycles. The van der Waals surface area contributed by atoms with Crippen LogP contribution in [0.15, 0.2) is 48.8 Å². The van der Waals surface area contributed by atoms with Gasteiger partial charge in [0.2, 0.25) is 0 Å². The zero-order valence-electron chi connectivity index (χ0n) is 15.4. The van der Waals surface area contributed by atoms with Crippen molar-refractivity contribution in [2.45, 2.75) is 6.92 Å². The van der Waals surface area contributed by atoms with Crippen LogP contribution in [0.3, 0.4) is 0 Å². The highest BCUT2D eigenvalue weighted by molar-refractivity contribution is 6.33. The van der Waals surface area contributed by atoms with Gasteiger partial charge in [-0.2, -0.15) is 5.10 Å². The Balaban J connectivity index is 1.42. The molecule has 0 radical (unpaired) electrons. The molecule has 1 aromatic carbocycles. The van der Waals surface area contributed by atoms with E-state index in [1.807, 2.05) is 37.4 Å². The molecule has 1 aliphatic rings. The molecule has 28 heavy (non-hydrogen) atoms. The fraction of sp³-hybridized carbons (Fsp3) is 0.263. The van der Waals surface area contributed by atoms with Crippen molar-refractivity contribution in [2.24, 2.45) is 0 Å². The number of nitrogens with zero attached hydrogens (tertiary/aromatic N) is 6. The summed E-state index contributed by atoms with van der Waals surface area (Å²) in [4.78, 5) is 25.5. The Bertz CT molecular complexity index is 968. The lowest BCUT2D eigenvalue weighted by atomic mass is 10.3. The molecule has 2 amide bonds. The highest BCUT2D eigenvalue weighted by atomic mass is 35.5. The monoisotopic (exact) mass is 397 g/mol. The van der Waals surface area contributed by atoms with E-state index in [9.17, 15) is 4.79 Å². The van der Waals surface area contributed by atoms with Gasteiger partial charge < -0.3 is 15.1 Å². The Hall–Kier alpha value is -3.13. The maximum atomic E-state index is 12.5. The number of benzene rings is 1. The van der Waals surface area contributed by atoms with Crippen LogP contribution in [0.1, 0.15) is 5.82 Å². The lowest BCUT2D eigenvalue weighted by Gasteiger charge is -2.35. The Morgan fingerprint density at radius 1 is 1.07 bits per heavy atom. The van der Waals surface area contributed by atoms with Crippen LogP contribution >= 0.6 is 11.6 Å². The van der Waals surface area contributed by atoms with Crippen molar-refractivity contribution in [3.63, 3.8) is 0 Å². The zero-order chi connectivity index (χ0) is 19.5. The van der Waals surface area contributed by atoms with Crippen molar-refractivity contribution in [3.8, 4) is 5.82 Å². The molecule has 0 spiro atoms.